The average Bonchev–Trinajstić information content (AvgIpc) is 2.39. The van der Waals surface area contributed by atoms with Gasteiger partial charge in [-0.1, -0.05) is 6.07 Å². The number of sulfone groups is 1. The summed E-state index contributed by atoms with van der Waals surface area (Å²) in [7, 11) is -3.58. The maximum absolute atomic E-state index is 12.3. The van der Waals surface area contributed by atoms with E-state index in [2.05, 4.69) is 4.98 Å². The van der Waals surface area contributed by atoms with Gasteiger partial charge in [-0.3, -0.25) is 4.98 Å². The van der Waals surface area contributed by atoms with E-state index >= 15 is 0 Å². The van der Waals surface area contributed by atoms with Gasteiger partial charge in [-0.2, -0.15) is 0 Å². The second kappa shape index (κ2) is 5.42. The van der Waals surface area contributed by atoms with Crippen LogP contribution in [0.5, 0.6) is 0 Å². The first-order valence-corrected chi connectivity index (χ1v) is 7.51. The smallest absolute Gasteiger partial charge is 0.335 e. The fraction of sp³-hybridized carbons (Fsp3) is 0.143. The third-order valence-corrected chi connectivity index (χ3v) is 4.59. The molecule has 0 atom stereocenters. The van der Waals surface area contributed by atoms with Crippen molar-refractivity contribution < 1.29 is 18.3 Å². The minimum Gasteiger partial charge on any atom is -0.478 e. The van der Waals surface area contributed by atoms with Gasteiger partial charge in [0.15, 0.2) is 9.84 Å². The van der Waals surface area contributed by atoms with Crippen molar-refractivity contribution in [2.24, 2.45) is 0 Å². The lowest BCUT2D eigenvalue weighted by atomic mass is 10.1. The number of hydrogen-bond donors (Lipinski definition) is 1. The van der Waals surface area contributed by atoms with Crippen LogP contribution in [0.2, 0.25) is 0 Å². The second-order valence-electron chi connectivity index (χ2n) is 4.40. The molecule has 0 amide bonds. The van der Waals surface area contributed by atoms with Crippen LogP contribution in [0, 0.1) is 6.92 Å². The molecule has 104 valence electrons. The largest absolute Gasteiger partial charge is 0.478 e. The third kappa shape index (κ3) is 3.03. The molecule has 1 aromatic carbocycles. The molecule has 0 bridgehead atoms. The molecule has 0 fully saturated rings. The van der Waals surface area contributed by atoms with Crippen molar-refractivity contribution in [1.29, 1.82) is 0 Å². The summed E-state index contributed by atoms with van der Waals surface area (Å²) in [6, 6.07) is 7.36. The Labute approximate surface area is 116 Å². The molecular weight excluding hydrogens is 278 g/mol. The van der Waals surface area contributed by atoms with Crippen molar-refractivity contribution in [2.75, 3.05) is 0 Å². The average molecular weight is 291 g/mol. The van der Waals surface area contributed by atoms with Crippen LogP contribution in [-0.2, 0) is 15.6 Å². The topological polar surface area (TPSA) is 84.3 Å². The van der Waals surface area contributed by atoms with Crippen molar-refractivity contribution in [1.82, 2.24) is 4.98 Å². The van der Waals surface area contributed by atoms with Crippen molar-refractivity contribution in [2.45, 2.75) is 17.6 Å². The predicted octanol–water partition coefficient (Wildman–Crippen LogP) is 2.06. The molecule has 2 rings (SSSR count). The number of carboxylic acids is 1. The molecule has 0 saturated carbocycles. The zero-order valence-electron chi connectivity index (χ0n) is 10.8. The zero-order valence-corrected chi connectivity index (χ0v) is 11.6. The van der Waals surface area contributed by atoms with E-state index < -0.39 is 15.8 Å². The maximum Gasteiger partial charge on any atom is 0.335 e. The van der Waals surface area contributed by atoms with E-state index in [1.807, 2.05) is 0 Å². The van der Waals surface area contributed by atoms with Gasteiger partial charge in [0.25, 0.3) is 0 Å². The normalized spacial score (nSPS) is 11.2. The van der Waals surface area contributed by atoms with Crippen LogP contribution in [0.1, 0.15) is 21.5 Å². The first kappa shape index (κ1) is 14.2. The molecule has 2 aromatic rings. The molecule has 0 unspecified atom stereocenters. The number of aryl methyl sites for hydroxylation is 1. The lowest BCUT2D eigenvalue weighted by molar-refractivity contribution is 0.0696. The minimum absolute atomic E-state index is 0.000744. The van der Waals surface area contributed by atoms with Gasteiger partial charge in [0.1, 0.15) is 0 Å². The Hall–Kier alpha value is -2.21. The first-order valence-electron chi connectivity index (χ1n) is 5.86. The summed E-state index contributed by atoms with van der Waals surface area (Å²) < 4.78 is 24.5. The molecule has 0 aliphatic carbocycles. The molecule has 6 heteroatoms. The van der Waals surface area contributed by atoms with Crippen LogP contribution in [0.3, 0.4) is 0 Å². The van der Waals surface area contributed by atoms with Gasteiger partial charge in [0, 0.05) is 12.4 Å². The van der Waals surface area contributed by atoms with E-state index in [4.69, 9.17) is 5.11 Å². The zero-order chi connectivity index (χ0) is 14.8. The number of aromatic carboxylic acids is 1. The lowest BCUT2D eigenvalue weighted by Crippen LogP contribution is -2.08. The number of benzene rings is 1. The summed E-state index contributed by atoms with van der Waals surface area (Å²) >= 11 is 0. The van der Waals surface area contributed by atoms with Crippen molar-refractivity contribution in [3.63, 3.8) is 0 Å². The summed E-state index contributed by atoms with van der Waals surface area (Å²) in [4.78, 5) is 14.9. The summed E-state index contributed by atoms with van der Waals surface area (Å²) in [6.45, 7) is 1.63. The quantitative estimate of drug-likeness (QED) is 0.932. The highest BCUT2D eigenvalue weighted by atomic mass is 32.2. The Morgan fingerprint density at radius 2 is 1.85 bits per heavy atom. The second-order valence-corrected chi connectivity index (χ2v) is 6.39. The fourth-order valence-corrected chi connectivity index (χ4v) is 3.18. The molecule has 1 aromatic heterocycles. The Morgan fingerprint density at radius 1 is 1.20 bits per heavy atom. The van der Waals surface area contributed by atoms with Crippen molar-refractivity contribution in [3.05, 3.63) is 59.4 Å². The number of carboxylic acid groups (broad SMARTS) is 1. The van der Waals surface area contributed by atoms with Gasteiger partial charge >= 0.3 is 5.97 Å². The monoisotopic (exact) mass is 291 g/mol. The molecule has 0 spiro atoms. The van der Waals surface area contributed by atoms with Crippen LogP contribution < -0.4 is 0 Å². The summed E-state index contributed by atoms with van der Waals surface area (Å²) in [5.41, 5.74) is 1.14. The summed E-state index contributed by atoms with van der Waals surface area (Å²) in [5.74, 6) is -1.32. The molecule has 1 N–H and O–H groups in total. The van der Waals surface area contributed by atoms with Gasteiger partial charge in [0.2, 0.25) is 0 Å². The predicted molar refractivity (Wildman–Crippen MR) is 73.3 cm³/mol. The lowest BCUT2D eigenvalue weighted by Gasteiger charge is -2.07. The van der Waals surface area contributed by atoms with Crippen LogP contribution >= 0.6 is 0 Å². The number of aromatic nitrogens is 1. The first-order chi connectivity index (χ1) is 9.40. The highest BCUT2D eigenvalue weighted by molar-refractivity contribution is 7.90. The van der Waals surface area contributed by atoms with E-state index in [0.29, 0.717) is 11.1 Å². The van der Waals surface area contributed by atoms with E-state index in [0.717, 1.165) is 0 Å². The molecule has 0 radical (unpaired) electrons. The molecule has 0 saturated heterocycles. The molecule has 0 aliphatic rings. The van der Waals surface area contributed by atoms with Crippen LogP contribution in [0.4, 0.5) is 0 Å². The third-order valence-electron chi connectivity index (χ3n) is 2.90. The Bertz CT molecular complexity index is 739. The standard InChI is InChI=1S/C14H13NO4S/c1-10-2-3-12(8-13(10)14(16)17)20(18,19)9-11-4-6-15-7-5-11/h2-8H,9H2,1H3,(H,16,17). The van der Waals surface area contributed by atoms with Gasteiger partial charge in [-0.15, -0.1) is 0 Å². The van der Waals surface area contributed by atoms with Gasteiger partial charge < -0.3 is 5.11 Å². The van der Waals surface area contributed by atoms with Crippen LogP contribution in [0.15, 0.2) is 47.6 Å². The van der Waals surface area contributed by atoms with Crippen molar-refractivity contribution >= 4 is 15.8 Å². The molecule has 1 heterocycles. The molecule has 5 nitrogen and oxygen atoms in total. The molecular formula is C14H13NO4S. The molecule has 20 heavy (non-hydrogen) atoms. The summed E-state index contributed by atoms with van der Waals surface area (Å²) in [5, 5.41) is 9.04. The number of hydrogen-bond acceptors (Lipinski definition) is 4. The van der Waals surface area contributed by atoms with E-state index in [-0.39, 0.29) is 16.2 Å². The number of carbonyl (C=O) groups is 1. The van der Waals surface area contributed by atoms with Gasteiger partial charge in [0.05, 0.1) is 16.2 Å². The van der Waals surface area contributed by atoms with E-state index in [1.54, 1.807) is 19.1 Å². The number of rotatable bonds is 4. The Morgan fingerprint density at radius 3 is 2.45 bits per heavy atom. The van der Waals surface area contributed by atoms with Crippen LogP contribution in [-0.4, -0.2) is 24.5 Å². The number of pyridine rings is 1. The highest BCUT2D eigenvalue weighted by Crippen LogP contribution is 2.19. The summed E-state index contributed by atoms with van der Waals surface area (Å²) in [6.07, 6.45) is 3.03. The highest BCUT2D eigenvalue weighted by Gasteiger charge is 2.18. The van der Waals surface area contributed by atoms with Gasteiger partial charge in [-0.05, 0) is 42.3 Å². The van der Waals surface area contributed by atoms with Crippen LogP contribution in [0.25, 0.3) is 0 Å². The number of nitrogens with zero attached hydrogens (tertiary/aromatic N) is 1. The van der Waals surface area contributed by atoms with Crippen molar-refractivity contribution in [3.8, 4) is 0 Å². The Balaban J connectivity index is 2.40. The maximum atomic E-state index is 12.3. The van der Waals surface area contributed by atoms with Gasteiger partial charge in [-0.25, -0.2) is 13.2 Å². The fourth-order valence-electron chi connectivity index (χ4n) is 1.81. The van der Waals surface area contributed by atoms with E-state index in [9.17, 15) is 13.2 Å². The molecule has 0 aliphatic heterocycles. The minimum atomic E-state index is -3.58. The van der Waals surface area contributed by atoms with E-state index in [1.165, 1.54) is 30.6 Å². The Kier molecular flexibility index (Phi) is 3.85. The SMILES string of the molecule is Cc1ccc(S(=O)(=O)Cc2ccncc2)cc1C(=O)O.